The van der Waals surface area contributed by atoms with Crippen LogP contribution in [-0.2, 0) is 6.42 Å². The second-order valence-corrected chi connectivity index (χ2v) is 6.97. The number of phenolic OH excluding ortho intramolecular Hbond substituents is 3. The van der Waals surface area contributed by atoms with Crippen LogP contribution in [0.4, 0.5) is 17.1 Å². The number of aliphatic hydroxyl groups excluding tert-OH is 1. The number of hydrogen-bond donors (Lipinski definition) is 5. The molecule has 5 N–H and O–H groups in total. The predicted octanol–water partition coefficient (Wildman–Crippen LogP) is 3.37. The Balaban J connectivity index is 2.01. The van der Waals surface area contributed by atoms with Gasteiger partial charge in [-0.2, -0.15) is 0 Å². The Kier molecular flexibility index (Phi) is 4.88. The van der Waals surface area contributed by atoms with E-state index >= 15 is 0 Å². The van der Waals surface area contributed by atoms with Crippen molar-refractivity contribution >= 4 is 38.6 Å². The molecule has 9 heteroatoms. The molecule has 0 heterocycles. The maximum Gasteiger partial charge on any atom is 0.281 e. The van der Waals surface area contributed by atoms with E-state index in [0.717, 1.165) is 17.7 Å². The van der Waals surface area contributed by atoms with Crippen LogP contribution >= 0.6 is 0 Å². The van der Waals surface area contributed by atoms with Crippen molar-refractivity contribution in [1.29, 1.82) is 0 Å². The Hall–Kier alpha value is -4.24. The fourth-order valence-electron chi connectivity index (χ4n) is 3.66. The quantitative estimate of drug-likeness (QED) is 0.142. The van der Waals surface area contributed by atoms with E-state index in [0.29, 0.717) is 12.1 Å². The summed E-state index contributed by atoms with van der Waals surface area (Å²) in [6.45, 7) is 0.00816. The van der Waals surface area contributed by atoms with Gasteiger partial charge in [-0.25, -0.2) is 0 Å². The number of aromatic hydroxyl groups is 3. The van der Waals surface area contributed by atoms with Crippen molar-refractivity contribution in [3.8, 4) is 23.0 Å². The third kappa shape index (κ3) is 3.26. The van der Waals surface area contributed by atoms with E-state index < -0.39 is 44.4 Å². The number of nitro groups is 1. The molecule has 9 nitrogen and oxygen atoms in total. The summed E-state index contributed by atoms with van der Waals surface area (Å²) in [4.78, 5) is 10.7. The average molecular weight is 421 g/mol. The van der Waals surface area contributed by atoms with Crippen LogP contribution in [0, 0.1) is 10.1 Å². The number of fused-ring (bicyclic) bond motifs is 2. The van der Waals surface area contributed by atoms with Crippen molar-refractivity contribution in [1.82, 2.24) is 0 Å². The Morgan fingerprint density at radius 2 is 1.45 bits per heavy atom. The second-order valence-electron chi connectivity index (χ2n) is 6.97. The molecule has 0 saturated heterocycles. The number of hydrogen-bond acceptors (Lipinski definition) is 8. The zero-order valence-electron chi connectivity index (χ0n) is 16.0. The zero-order chi connectivity index (χ0) is 22.3. The maximum absolute atomic E-state index is 13.1. The number of nitrogens with zero attached hydrogens (tertiary/aromatic N) is 1. The van der Waals surface area contributed by atoms with E-state index in [1.54, 1.807) is 24.3 Å². The molecule has 4 aromatic carbocycles. The van der Waals surface area contributed by atoms with Crippen LogP contribution in [-0.4, -0.2) is 32.0 Å². The third-order valence-corrected chi connectivity index (χ3v) is 5.10. The smallest absolute Gasteiger partial charge is 0.281 e. The Bertz CT molecular complexity index is 1330. The number of anilines is 2. The molecule has 0 aromatic heterocycles. The van der Waals surface area contributed by atoms with E-state index in [4.69, 9.17) is 5.11 Å². The molecule has 31 heavy (non-hydrogen) atoms. The minimum atomic E-state index is -0.844. The zero-order valence-corrected chi connectivity index (χ0v) is 16.0. The number of nitro benzene ring substituents is 1. The average Bonchev–Trinajstić information content (AvgIpc) is 2.74. The Morgan fingerprint density at radius 1 is 0.839 bits per heavy atom. The fourth-order valence-corrected chi connectivity index (χ4v) is 3.66. The van der Waals surface area contributed by atoms with E-state index in [1.165, 1.54) is 12.1 Å². The fraction of sp³-hybridized carbons (Fsp3) is 0.0909. The lowest BCUT2D eigenvalue weighted by atomic mass is 9.96. The van der Waals surface area contributed by atoms with E-state index in [-0.39, 0.29) is 23.1 Å². The van der Waals surface area contributed by atoms with E-state index in [9.17, 15) is 30.5 Å². The summed E-state index contributed by atoms with van der Waals surface area (Å²) in [5, 5.41) is 66.8. The van der Waals surface area contributed by atoms with Gasteiger partial charge in [0, 0.05) is 29.1 Å². The Morgan fingerprint density at radius 3 is 2.06 bits per heavy atom. The molecule has 0 spiro atoms. The number of nitrogens with one attached hydrogen (secondary N) is 1. The molecule has 0 aliphatic heterocycles. The largest absolute Gasteiger partial charge is 0.871 e. The van der Waals surface area contributed by atoms with Crippen molar-refractivity contribution in [2.24, 2.45) is 0 Å². The van der Waals surface area contributed by atoms with Crippen LogP contribution in [0.2, 0.25) is 0 Å². The lowest BCUT2D eigenvalue weighted by Gasteiger charge is -2.21. The lowest BCUT2D eigenvalue weighted by Crippen LogP contribution is -2.00. The van der Waals surface area contributed by atoms with Crippen molar-refractivity contribution in [3.05, 3.63) is 64.2 Å². The molecule has 158 valence electrons. The van der Waals surface area contributed by atoms with Gasteiger partial charge in [-0.3, -0.25) is 10.1 Å². The molecule has 0 bridgehead atoms. The number of aliphatic hydroxyl groups is 1. The summed E-state index contributed by atoms with van der Waals surface area (Å²) in [5.41, 5.74) is 1.18. The standard InChI is InChI=1S/C22H18N2O7/c25-10-9-11-1-3-12(4-2-11)23-13-5-7-15(26)19-17(13)21(28)18-14(24(30)31)6-8-16(27)20(18)22(19)29/h1-8,23,25-29H,9-10H2/p-1. The molecule has 0 aliphatic rings. The highest BCUT2D eigenvalue weighted by Crippen LogP contribution is 2.52. The molecule has 4 aromatic rings. The van der Waals surface area contributed by atoms with Gasteiger partial charge in [0.05, 0.1) is 16.0 Å². The van der Waals surface area contributed by atoms with Crippen molar-refractivity contribution in [3.63, 3.8) is 0 Å². The number of rotatable bonds is 5. The van der Waals surface area contributed by atoms with Crippen LogP contribution in [0.5, 0.6) is 23.0 Å². The first kappa shape index (κ1) is 20.0. The molecule has 0 amide bonds. The summed E-state index contributed by atoms with van der Waals surface area (Å²) in [6, 6.07) is 11.7. The predicted molar refractivity (Wildman–Crippen MR) is 113 cm³/mol. The molecule has 0 unspecified atom stereocenters. The second kappa shape index (κ2) is 7.54. The molecule has 0 atom stereocenters. The van der Waals surface area contributed by atoms with Crippen LogP contribution < -0.4 is 10.4 Å². The highest BCUT2D eigenvalue weighted by molar-refractivity contribution is 6.20. The highest BCUT2D eigenvalue weighted by atomic mass is 16.6. The van der Waals surface area contributed by atoms with Gasteiger partial charge in [-0.1, -0.05) is 17.9 Å². The van der Waals surface area contributed by atoms with Crippen molar-refractivity contribution in [2.45, 2.75) is 6.42 Å². The third-order valence-electron chi connectivity index (χ3n) is 5.10. The molecule has 4 rings (SSSR count). The molecular weight excluding hydrogens is 404 g/mol. The van der Waals surface area contributed by atoms with Crippen LogP contribution in [0.15, 0.2) is 48.5 Å². The van der Waals surface area contributed by atoms with Gasteiger partial charge in [0.2, 0.25) is 0 Å². The maximum atomic E-state index is 13.1. The van der Waals surface area contributed by atoms with Crippen LogP contribution in [0.1, 0.15) is 5.56 Å². The first-order chi connectivity index (χ1) is 14.8. The van der Waals surface area contributed by atoms with Gasteiger partial charge >= 0.3 is 0 Å². The van der Waals surface area contributed by atoms with Gasteiger partial charge < -0.3 is 30.8 Å². The van der Waals surface area contributed by atoms with Gasteiger partial charge in [0.15, 0.2) is 0 Å². The highest BCUT2D eigenvalue weighted by Gasteiger charge is 2.24. The summed E-state index contributed by atoms with van der Waals surface area (Å²) < 4.78 is 0. The van der Waals surface area contributed by atoms with Gasteiger partial charge in [-0.15, -0.1) is 0 Å². The Labute approximate surface area is 175 Å². The summed E-state index contributed by atoms with van der Waals surface area (Å²) in [6.07, 6.45) is 0.488. The van der Waals surface area contributed by atoms with Gasteiger partial charge in [0.1, 0.15) is 22.6 Å². The topological polar surface area (TPSA) is 159 Å². The molecule has 0 saturated carbocycles. The summed E-state index contributed by atoms with van der Waals surface area (Å²) >= 11 is 0. The van der Waals surface area contributed by atoms with Crippen molar-refractivity contribution in [2.75, 3.05) is 11.9 Å². The number of non-ortho nitro benzene ring substituents is 1. The first-order valence-electron chi connectivity index (χ1n) is 9.28. The number of phenols is 3. The SMILES string of the molecule is O=[N+]([O-])c1ccc(O)c2c([O-])c3c(O)ccc(Nc4ccc(CCO)cc4)c3c(O)c12. The normalized spacial score (nSPS) is 11.1. The molecule has 0 radical (unpaired) electrons. The summed E-state index contributed by atoms with van der Waals surface area (Å²) in [5.74, 6) is -2.43. The monoisotopic (exact) mass is 421 g/mol. The van der Waals surface area contributed by atoms with Gasteiger partial charge in [-0.05, 0) is 42.3 Å². The van der Waals surface area contributed by atoms with Gasteiger partial charge in [0.25, 0.3) is 5.69 Å². The minimum absolute atomic E-state index is 0.00816. The minimum Gasteiger partial charge on any atom is -0.871 e. The number of benzene rings is 4. The molecule has 0 aliphatic carbocycles. The van der Waals surface area contributed by atoms with Crippen LogP contribution in [0.25, 0.3) is 21.5 Å². The van der Waals surface area contributed by atoms with Crippen molar-refractivity contribution < 1.29 is 30.5 Å². The lowest BCUT2D eigenvalue weighted by molar-refractivity contribution is -0.383. The van der Waals surface area contributed by atoms with E-state index in [1.807, 2.05) is 0 Å². The van der Waals surface area contributed by atoms with Crippen LogP contribution in [0.3, 0.4) is 0 Å². The molecular formula is C22H17N2O7-. The first-order valence-corrected chi connectivity index (χ1v) is 9.28. The summed E-state index contributed by atoms with van der Waals surface area (Å²) in [7, 11) is 0. The molecule has 0 fully saturated rings. The van der Waals surface area contributed by atoms with E-state index in [2.05, 4.69) is 5.32 Å².